The highest BCUT2D eigenvalue weighted by molar-refractivity contribution is 7.09. The van der Waals surface area contributed by atoms with Gasteiger partial charge in [0.05, 0.1) is 16.9 Å². The van der Waals surface area contributed by atoms with Gasteiger partial charge < -0.3 is 5.73 Å². The summed E-state index contributed by atoms with van der Waals surface area (Å²) in [4.78, 5) is 21.4. The molecule has 1 unspecified atom stereocenters. The van der Waals surface area contributed by atoms with Crippen LogP contribution in [0.2, 0.25) is 0 Å². The Morgan fingerprint density at radius 3 is 3.13 bits per heavy atom. The minimum atomic E-state index is -0.385. The third-order valence-corrected chi connectivity index (χ3v) is 2.87. The van der Waals surface area contributed by atoms with Gasteiger partial charge in [0.15, 0.2) is 0 Å². The van der Waals surface area contributed by atoms with Crippen LogP contribution in [0.4, 0.5) is 4.79 Å². The van der Waals surface area contributed by atoms with Crippen molar-refractivity contribution in [2.45, 2.75) is 6.04 Å². The number of amidine groups is 1. The molecule has 0 aromatic carbocycles. The van der Waals surface area contributed by atoms with Gasteiger partial charge in [0.1, 0.15) is 11.9 Å². The minimum absolute atomic E-state index is 0.200. The number of nitrogens with two attached hydrogens (primary N) is 1. The number of rotatable bonds is 2. The summed E-state index contributed by atoms with van der Waals surface area (Å²) in [5, 5.41) is 0. The smallest absolute Gasteiger partial charge is 0.347 e. The fraction of sp³-hybridized carbons (Fsp3) is 0.222. The minimum Gasteiger partial charge on any atom is -0.385 e. The Kier molecular flexibility index (Phi) is 2.39. The van der Waals surface area contributed by atoms with Gasteiger partial charge in [-0.25, -0.2) is 4.79 Å². The number of nitrogens with zero attached hydrogens (tertiary/aromatic N) is 3. The SMILES string of the molecule is C#CCN1C(=O)N=C(N)C1c1cncs1. The number of amides is 2. The van der Waals surface area contributed by atoms with Gasteiger partial charge >= 0.3 is 6.03 Å². The van der Waals surface area contributed by atoms with Gasteiger partial charge in [-0.15, -0.1) is 17.8 Å². The molecule has 0 radical (unpaired) electrons. The average Bonchev–Trinajstić information content (AvgIpc) is 2.77. The third kappa shape index (κ3) is 1.57. The third-order valence-electron chi connectivity index (χ3n) is 2.04. The highest BCUT2D eigenvalue weighted by atomic mass is 32.1. The first-order valence-corrected chi connectivity index (χ1v) is 5.08. The van der Waals surface area contributed by atoms with Crippen LogP contribution >= 0.6 is 11.3 Å². The van der Waals surface area contributed by atoms with Gasteiger partial charge in [0, 0.05) is 6.20 Å². The monoisotopic (exact) mass is 220 g/mol. The summed E-state index contributed by atoms with van der Waals surface area (Å²) in [5.41, 5.74) is 7.36. The second kappa shape index (κ2) is 3.71. The van der Waals surface area contributed by atoms with Crippen LogP contribution in [-0.4, -0.2) is 28.3 Å². The van der Waals surface area contributed by atoms with Crippen molar-refractivity contribution < 1.29 is 4.79 Å². The van der Waals surface area contributed by atoms with Crippen molar-refractivity contribution in [3.8, 4) is 12.3 Å². The van der Waals surface area contributed by atoms with Gasteiger partial charge in [-0.2, -0.15) is 4.99 Å². The van der Waals surface area contributed by atoms with Crippen LogP contribution in [0, 0.1) is 12.3 Å². The maximum absolute atomic E-state index is 11.4. The van der Waals surface area contributed by atoms with Gasteiger partial charge in [-0.3, -0.25) is 9.88 Å². The van der Waals surface area contributed by atoms with E-state index in [1.807, 2.05) is 0 Å². The zero-order valence-corrected chi connectivity index (χ0v) is 8.57. The molecule has 1 aliphatic rings. The number of thiazole rings is 1. The number of hydrogen-bond donors (Lipinski definition) is 1. The lowest BCUT2D eigenvalue weighted by atomic mass is 10.2. The van der Waals surface area contributed by atoms with E-state index < -0.39 is 0 Å². The summed E-state index contributed by atoms with van der Waals surface area (Å²) in [6.45, 7) is 0.200. The molecule has 2 amide bonds. The van der Waals surface area contributed by atoms with E-state index in [-0.39, 0.29) is 24.5 Å². The Morgan fingerprint density at radius 2 is 2.53 bits per heavy atom. The number of carbonyl (C=O) groups excluding carboxylic acids is 1. The van der Waals surface area contributed by atoms with Gasteiger partial charge in [0.25, 0.3) is 0 Å². The first-order chi connectivity index (χ1) is 7.24. The average molecular weight is 220 g/mol. The van der Waals surface area contributed by atoms with E-state index in [2.05, 4.69) is 15.9 Å². The second-order valence-electron chi connectivity index (χ2n) is 2.96. The molecular formula is C9H8N4OS. The second-order valence-corrected chi connectivity index (χ2v) is 3.88. The fourth-order valence-electron chi connectivity index (χ4n) is 1.42. The van der Waals surface area contributed by atoms with Crippen LogP contribution in [0.3, 0.4) is 0 Å². The molecule has 6 heteroatoms. The topological polar surface area (TPSA) is 71.6 Å². The lowest BCUT2D eigenvalue weighted by molar-refractivity contribution is 0.214. The number of carbonyl (C=O) groups is 1. The quantitative estimate of drug-likeness (QED) is 0.742. The summed E-state index contributed by atoms with van der Waals surface area (Å²) in [6.07, 6.45) is 6.85. The zero-order chi connectivity index (χ0) is 10.8. The largest absolute Gasteiger partial charge is 0.385 e. The molecule has 0 fully saturated rings. The zero-order valence-electron chi connectivity index (χ0n) is 7.75. The van der Waals surface area contributed by atoms with E-state index in [1.54, 1.807) is 11.7 Å². The number of aliphatic imine (C=N–C) groups is 1. The van der Waals surface area contributed by atoms with Crippen LogP contribution in [0.5, 0.6) is 0 Å². The molecule has 15 heavy (non-hydrogen) atoms. The molecule has 0 aliphatic carbocycles. The summed E-state index contributed by atoms with van der Waals surface area (Å²) < 4.78 is 0. The first kappa shape index (κ1) is 9.68. The Hall–Kier alpha value is -1.87. The van der Waals surface area contributed by atoms with Crippen LogP contribution in [0.1, 0.15) is 10.9 Å². The summed E-state index contributed by atoms with van der Waals surface area (Å²) in [6, 6.07) is -0.732. The fourth-order valence-corrected chi connectivity index (χ4v) is 2.17. The van der Waals surface area contributed by atoms with Crippen molar-refractivity contribution in [1.29, 1.82) is 0 Å². The molecule has 5 nitrogen and oxygen atoms in total. The standard InChI is InChI=1S/C9H8N4OS/c1-2-3-13-7(6-4-11-5-15-6)8(10)12-9(13)14/h1,4-5,7H,3H2,(H2,10,12,14). The normalized spacial score (nSPS) is 20.2. The molecule has 0 spiro atoms. The molecule has 1 aliphatic heterocycles. The number of aromatic nitrogens is 1. The summed E-state index contributed by atoms with van der Waals surface area (Å²) in [5.74, 6) is 2.69. The molecule has 2 rings (SSSR count). The Labute approximate surface area is 90.6 Å². The van der Waals surface area contributed by atoms with Gasteiger partial charge in [-0.1, -0.05) is 5.92 Å². The van der Waals surface area contributed by atoms with E-state index in [0.29, 0.717) is 0 Å². The molecule has 0 saturated heterocycles. The van der Waals surface area contributed by atoms with Crippen LogP contribution in [0.25, 0.3) is 0 Å². The van der Waals surface area contributed by atoms with Crippen molar-refractivity contribution in [1.82, 2.24) is 9.88 Å². The Bertz CT molecular complexity index is 445. The van der Waals surface area contributed by atoms with Crippen LogP contribution < -0.4 is 5.73 Å². The highest BCUT2D eigenvalue weighted by Crippen LogP contribution is 2.28. The van der Waals surface area contributed by atoms with Crippen molar-refractivity contribution in [2.75, 3.05) is 6.54 Å². The maximum atomic E-state index is 11.4. The maximum Gasteiger partial charge on any atom is 0.347 e. The molecule has 76 valence electrons. The lowest BCUT2D eigenvalue weighted by Crippen LogP contribution is -2.33. The van der Waals surface area contributed by atoms with E-state index in [9.17, 15) is 4.79 Å². The molecule has 2 heterocycles. The summed E-state index contributed by atoms with van der Waals surface area (Å²) >= 11 is 1.42. The van der Waals surface area contributed by atoms with Crippen LogP contribution in [-0.2, 0) is 0 Å². The highest BCUT2D eigenvalue weighted by Gasteiger charge is 2.34. The van der Waals surface area contributed by atoms with Gasteiger partial charge in [-0.05, 0) is 0 Å². The van der Waals surface area contributed by atoms with Gasteiger partial charge in [0.2, 0.25) is 0 Å². The predicted octanol–water partition coefficient (Wildman–Crippen LogP) is 0.610. The number of urea groups is 1. The molecule has 1 aromatic heterocycles. The lowest BCUT2D eigenvalue weighted by Gasteiger charge is -2.20. The predicted molar refractivity (Wildman–Crippen MR) is 57.4 cm³/mol. The molecule has 0 bridgehead atoms. The Morgan fingerprint density at radius 1 is 1.73 bits per heavy atom. The number of terminal acetylenes is 1. The van der Waals surface area contributed by atoms with E-state index >= 15 is 0 Å². The van der Waals surface area contributed by atoms with E-state index in [0.717, 1.165) is 4.88 Å². The van der Waals surface area contributed by atoms with E-state index in [1.165, 1.54) is 16.2 Å². The number of hydrogen-bond acceptors (Lipinski definition) is 4. The molecule has 1 aromatic rings. The summed E-state index contributed by atoms with van der Waals surface area (Å²) in [7, 11) is 0. The van der Waals surface area contributed by atoms with Crippen molar-refractivity contribution >= 4 is 23.2 Å². The molecule has 2 N–H and O–H groups in total. The Balaban J connectivity index is 2.33. The van der Waals surface area contributed by atoms with E-state index in [4.69, 9.17) is 12.2 Å². The molecule has 1 atom stereocenters. The van der Waals surface area contributed by atoms with Crippen molar-refractivity contribution in [2.24, 2.45) is 10.7 Å². The first-order valence-electron chi connectivity index (χ1n) is 4.20. The molecule has 0 saturated carbocycles. The van der Waals surface area contributed by atoms with Crippen molar-refractivity contribution in [3.63, 3.8) is 0 Å². The van der Waals surface area contributed by atoms with Crippen molar-refractivity contribution in [3.05, 3.63) is 16.6 Å². The van der Waals surface area contributed by atoms with Crippen LogP contribution in [0.15, 0.2) is 16.7 Å². The molecular weight excluding hydrogens is 212 g/mol.